The Kier molecular flexibility index (Phi) is 3.48. The SMILES string of the molecule is CC=CC(O)C1C(=O)CCCC1(C)C. The molecule has 0 aromatic rings. The summed E-state index contributed by atoms with van der Waals surface area (Å²) >= 11 is 0. The smallest absolute Gasteiger partial charge is 0.139 e. The lowest BCUT2D eigenvalue weighted by molar-refractivity contribution is -0.133. The van der Waals surface area contributed by atoms with Gasteiger partial charge in [0.1, 0.15) is 5.78 Å². The fourth-order valence-corrected chi connectivity index (χ4v) is 2.43. The predicted molar refractivity (Wildman–Crippen MR) is 56.9 cm³/mol. The Morgan fingerprint density at radius 2 is 2.21 bits per heavy atom. The van der Waals surface area contributed by atoms with Crippen molar-refractivity contribution in [1.29, 1.82) is 0 Å². The van der Waals surface area contributed by atoms with Gasteiger partial charge >= 0.3 is 0 Å². The second kappa shape index (κ2) is 4.26. The molecule has 14 heavy (non-hydrogen) atoms. The van der Waals surface area contributed by atoms with Crippen molar-refractivity contribution in [3.63, 3.8) is 0 Å². The van der Waals surface area contributed by atoms with E-state index in [0.717, 1.165) is 12.8 Å². The lowest BCUT2D eigenvalue weighted by atomic mass is 9.66. The summed E-state index contributed by atoms with van der Waals surface area (Å²) in [6.45, 7) is 6.01. The second-order valence-corrected chi connectivity index (χ2v) is 4.80. The molecule has 1 aliphatic carbocycles. The van der Waals surface area contributed by atoms with E-state index in [1.165, 1.54) is 0 Å². The lowest BCUT2D eigenvalue weighted by Crippen LogP contribution is -2.42. The number of rotatable bonds is 2. The first-order valence-electron chi connectivity index (χ1n) is 5.32. The Balaban J connectivity index is 2.84. The summed E-state index contributed by atoms with van der Waals surface area (Å²) < 4.78 is 0. The van der Waals surface area contributed by atoms with E-state index in [4.69, 9.17) is 0 Å². The molecule has 1 aliphatic rings. The van der Waals surface area contributed by atoms with Crippen LogP contribution in [-0.4, -0.2) is 17.0 Å². The minimum absolute atomic E-state index is 0.0613. The highest BCUT2D eigenvalue weighted by Crippen LogP contribution is 2.40. The Morgan fingerprint density at radius 3 is 2.71 bits per heavy atom. The van der Waals surface area contributed by atoms with Crippen LogP contribution in [-0.2, 0) is 4.79 Å². The maximum absolute atomic E-state index is 11.7. The van der Waals surface area contributed by atoms with Gasteiger partial charge in [0.25, 0.3) is 0 Å². The Morgan fingerprint density at radius 1 is 1.57 bits per heavy atom. The van der Waals surface area contributed by atoms with Crippen molar-refractivity contribution in [2.75, 3.05) is 0 Å². The molecule has 80 valence electrons. The van der Waals surface area contributed by atoms with Crippen LogP contribution < -0.4 is 0 Å². The summed E-state index contributed by atoms with van der Waals surface area (Å²) in [7, 11) is 0. The molecule has 2 heteroatoms. The molecule has 2 unspecified atom stereocenters. The van der Waals surface area contributed by atoms with E-state index < -0.39 is 6.10 Å². The summed E-state index contributed by atoms with van der Waals surface area (Å²) in [6, 6.07) is 0. The Hall–Kier alpha value is -0.630. The van der Waals surface area contributed by atoms with Crippen molar-refractivity contribution in [1.82, 2.24) is 0 Å². The first-order chi connectivity index (χ1) is 6.49. The largest absolute Gasteiger partial charge is 0.388 e. The van der Waals surface area contributed by atoms with Crippen molar-refractivity contribution >= 4 is 5.78 Å². The molecule has 0 bridgehead atoms. The molecule has 0 aliphatic heterocycles. The molecular weight excluding hydrogens is 176 g/mol. The average molecular weight is 196 g/mol. The van der Waals surface area contributed by atoms with Gasteiger partial charge in [-0.05, 0) is 25.2 Å². The van der Waals surface area contributed by atoms with Crippen molar-refractivity contribution < 1.29 is 9.90 Å². The molecule has 0 spiro atoms. The van der Waals surface area contributed by atoms with Crippen LogP contribution in [0.4, 0.5) is 0 Å². The van der Waals surface area contributed by atoms with Crippen LogP contribution in [0.2, 0.25) is 0 Å². The van der Waals surface area contributed by atoms with Gasteiger partial charge in [-0.15, -0.1) is 0 Å². The third-order valence-electron chi connectivity index (χ3n) is 3.16. The highest BCUT2D eigenvalue weighted by molar-refractivity contribution is 5.83. The van der Waals surface area contributed by atoms with Gasteiger partial charge in [0.2, 0.25) is 0 Å². The second-order valence-electron chi connectivity index (χ2n) is 4.80. The molecular formula is C12H20O2. The van der Waals surface area contributed by atoms with Crippen LogP contribution in [0, 0.1) is 11.3 Å². The van der Waals surface area contributed by atoms with Gasteiger partial charge in [0.05, 0.1) is 12.0 Å². The minimum Gasteiger partial charge on any atom is -0.388 e. The maximum Gasteiger partial charge on any atom is 0.139 e. The van der Waals surface area contributed by atoms with E-state index in [1.807, 2.05) is 13.0 Å². The van der Waals surface area contributed by atoms with Gasteiger partial charge < -0.3 is 5.11 Å². The van der Waals surface area contributed by atoms with Crippen LogP contribution in [0.15, 0.2) is 12.2 Å². The topological polar surface area (TPSA) is 37.3 Å². The van der Waals surface area contributed by atoms with Crippen LogP contribution in [0.1, 0.15) is 40.0 Å². The highest BCUT2D eigenvalue weighted by atomic mass is 16.3. The van der Waals surface area contributed by atoms with E-state index >= 15 is 0 Å². The molecule has 1 N–H and O–H groups in total. The summed E-state index contributed by atoms with van der Waals surface area (Å²) in [4.78, 5) is 11.7. The molecule has 1 rings (SSSR count). The Bertz CT molecular complexity index is 241. The molecule has 0 aromatic carbocycles. The molecule has 0 radical (unpaired) electrons. The third-order valence-corrected chi connectivity index (χ3v) is 3.16. The molecule has 1 saturated carbocycles. The van der Waals surface area contributed by atoms with Gasteiger partial charge in [0.15, 0.2) is 0 Å². The molecule has 2 nitrogen and oxygen atoms in total. The summed E-state index contributed by atoms with van der Waals surface area (Å²) in [5.74, 6) is -0.000648. The van der Waals surface area contributed by atoms with Crippen molar-refractivity contribution in [2.45, 2.75) is 46.1 Å². The molecule has 0 heterocycles. The zero-order valence-corrected chi connectivity index (χ0v) is 9.29. The van der Waals surface area contributed by atoms with Crippen LogP contribution in [0.25, 0.3) is 0 Å². The number of hydrogen-bond donors (Lipinski definition) is 1. The summed E-state index contributed by atoms with van der Waals surface area (Å²) in [5.41, 5.74) is -0.0613. The van der Waals surface area contributed by atoms with Gasteiger partial charge in [-0.1, -0.05) is 26.0 Å². The summed E-state index contributed by atoms with van der Waals surface area (Å²) in [6.07, 6.45) is 5.53. The van der Waals surface area contributed by atoms with Crippen LogP contribution >= 0.6 is 0 Å². The van der Waals surface area contributed by atoms with Gasteiger partial charge in [-0.3, -0.25) is 4.79 Å². The standard InChI is InChI=1S/C12H20O2/c1-4-6-9(13)11-10(14)7-5-8-12(11,2)3/h4,6,9,11,13H,5,7-8H2,1-3H3. The van der Waals surface area contributed by atoms with Crippen molar-refractivity contribution in [3.05, 3.63) is 12.2 Å². The van der Waals surface area contributed by atoms with Gasteiger partial charge in [-0.25, -0.2) is 0 Å². The maximum atomic E-state index is 11.7. The van der Waals surface area contributed by atoms with E-state index in [9.17, 15) is 9.90 Å². The highest BCUT2D eigenvalue weighted by Gasteiger charge is 2.41. The fraction of sp³-hybridized carbons (Fsp3) is 0.750. The predicted octanol–water partition coefficient (Wildman–Crippen LogP) is 2.32. The first-order valence-corrected chi connectivity index (χ1v) is 5.32. The number of ketones is 1. The van der Waals surface area contributed by atoms with E-state index in [1.54, 1.807) is 6.08 Å². The summed E-state index contributed by atoms with van der Waals surface area (Å²) in [5, 5.41) is 9.87. The van der Waals surface area contributed by atoms with Crippen molar-refractivity contribution in [3.8, 4) is 0 Å². The zero-order chi connectivity index (χ0) is 10.8. The number of carbonyl (C=O) groups excluding carboxylic acids is 1. The minimum atomic E-state index is -0.609. The zero-order valence-electron chi connectivity index (χ0n) is 9.29. The quantitative estimate of drug-likeness (QED) is 0.688. The lowest BCUT2D eigenvalue weighted by Gasteiger charge is -2.39. The van der Waals surface area contributed by atoms with Crippen molar-refractivity contribution in [2.24, 2.45) is 11.3 Å². The number of aliphatic hydroxyl groups is 1. The number of Topliss-reactive ketones (excluding diaryl/α,β-unsaturated/α-hetero) is 1. The monoisotopic (exact) mass is 196 g/mol. The normalized spacial score (nSPS) is 29.4. The number of hydrogen-bond acceptors (Lipinski definition) is 2. The van der Waals surface area contributed by atoms with E-state index in [2.05, 4.69) is 13.8 Å². The average Bonchev–Trinajstić information content (AvgIpc) is 2.02. The number of allylic oxidation sites excluding steroid dienone is 1. The van der Waals surface area contributed by atoms with Crippen LogP contribution in [0.5, 0.6) is 0 Å². The third kappa shape index (κ3) is 2.24. The van der Waals surface area contributed by atoms with Crippen LogP contribution in [0.3, 0.4) is 0 Å². The molecule has 0 amide bonds. The molecule has 1 fully saturated rings. The molecule has 2 atom stereocenters. The van der Waals surface area contributed by atoms with Gasteiger partial charge in [0, 0.05) is 6.42 Å². The first kappa shape index (κ1) is 11.4. The number of aliphatic hydroxyl groups excluding tert-OH is 1. The van der Waals surface area contributed by atoms with Gasteiger partial charge in [-0.2, -0.15) is 0 Å². The Labute approximate surface area is 86.0 Å². The van der Waals surface area contributed by atoms with E-state index in [-0.39, 0.29) is 17.1 Å². The van der Waals surface area contributed by atoms with E-state index in [0.29, 0.717) is 6.42 Å². The number of carbonyl (C=O) groups is 1. The molecule has 0 aromatic heterocycles. The molecule has 0 saturated heterocycles. The fourth-order valence-electron chi connectivity index (χ4n) is 2.43.